The number of hydrogen-bond donors (Lipinski definition) is 2. The monoisotopic (exact) mass is 422 g/mol. The Morgan fingerprint density at radius 1 is 1.13 bits per heavy atom. The van der Waals surface area contributed by atoms with E-state index in [0.29, 0.717) is 18.0 Å². The average Bonchev–Trinajstić information content (AvgIpc) is 3.35. The summed E-state index contributed by atoms with van der Waals surface area (Å²) >= 11 is 0. The number of H-pyrrole nitrogens is 1. The van der Waals surface area contributed by atoms with Crippen LogP contribution in [0.4, 0.5) is 10.5 Å². The van der Waals surface area contributed by atoms with E-state index in [1.807, 2.05) is 54.7 Å². The molecule has 0 unspecified atom stereocenters. The Hall–Kier alpha value is -3.36. The molecule has 0 spiro atoms. The number of hydrogen-bond acceptors (Lipinski definition) is 6. The van der Waals surface area contributed by atoms with Crippen LogP contribution in [0, 0.1) is 0 Å². The van der Waals surface area contributed by atoms with Crippen molar-refractivity contribution >= 4 is 11.8 Å². The Morgan fingerprint density at radius 3 is 2.74 bits per heavy atom. The largest absolute Gasteiger partial charge is 0.490 e. The maximum atomic E-state index is 12.3. The fourth-order valence-corrected chi connectivity index (χ4v) is 3.31. The van der Waals surface area contributed by atoms with Gasteiger partial charge in [0, 0.05) is 31.4 Å². The summed E-state index contributed by atoms with van der Waals surface area (Å²) in [5, 5.41) is 9.61. The number of aromatic nitrogens is 2. The molecule has 1 amide bonds. The second-order valence-electron chi connectivity index (χ2n) is 7.19. The number of morpholine rings is 1. The van der Waals surface area contributed by atoms with Gasteiger partial charge in [0.2, 0.25) is 0 Å². The van der Waals surface area contributed by atoms with Crippen LogP contribution in [0.3, 0.4) is 0 Å². The molecule has 8 heteroatoms. The third-order valence-electron chi connectivity index (χ3n) is 5.03. The van der Waals surface area contributed by atoms with Gasteiger partial charge in [-0.15, -0.1) is 0 Å². The van der Waals surface area contributed by atoms with Crippen molar-refractivity contribution in [2.45, 2.75) is 6.61 Å². The number of nitrogens with one attached hydrogen (secondary N) is 2. The van der Waals surface area contributed by atoms with Crippen molar-refractivity contribution in [2.75, 3.05) is 44.8 Å². The Bertz CT molecular complexity index is 957. The maximum absolute atomic E-state index is 12.3. The minimum Gasteiger partial charge on any atom is -0.490 e. The van der Waals surface area contributed by atoms with Crippen LogP contribution in [0.15, 0.2) is 60.9 Å². The van der Waals surface area contributed by atoms with E-state index in [2.05, 4.69) is 20.4 Å². The van der Waals surface area contributed by atoms with Gasteiger partial charge in [0.05, 0.1) is 25.1 Å². The van der Waals surface area contributed by atoms with Crippen molar-refractivity contribution in [2.24, 2.45) is 0 Å². The number of carbonyl (C=O) groups excluding carboxylic acids is 1. The molecule has 0 atom stereocenters. The summed E-state index contributed by atoms with van der Waals surface area (Å²) in [7, 11) is 0. The number of aromatic amines is 1. The van der Waals surface area contributed by atoms with E-state index in [1.54, 1.807) is 6.20 Å². The van der Waals surface area contributed by atoms with Crippen LogP contribution in [0.1, 0.15) is 5.56 Å². The summed E-state index contributed by atoms with van der Waals surface area (Å²) < 4.78 is 16.8. The van der Waals surface area contributed by atoms with Crippen molar-refractivity contribution in [3.8, 4) is 16.9 Å². The van der Waals surface area contributed by atoms with Gasteiger partial charge in [0.1, 0.15) is 19.0 Å². The zero-order valence-corrected chi connectivity index (χ0v) is 17.3. The molecule has 2 heterocycles. The van der Waals surface area contributed by atoms with E-state index in [0.717, 1.165) is 49.5 Å². The van der Waals surface area contributed by atoms with Crippen LogP contribution >= 0.6 is 0 Å². The van der Waals surface area contributed by atoms with E-state index in [9.17, 15) is 4.79 Å². The zero-order valence-electron chi connectivity index (χ0n) is 17.3. The lowest BCUT2D eigenvalue weighted by molar-refractivity contribution is 0.0323. The fraction of sp³-hybridized carbons (Fsp3) is 0.304. The Labute approximate surface area is 181 Å². The topological polar surface area (TPSA) is 88.7 Å². The molecule has 2 N–H and O–H groups in total. The van der Waals surface area contributed by atoms with Gasteiger partial charge in [-0.25, -0.2) is 4.79 Å². The summed E-state index contributed by atoms with van der Waals surface area (Å²) in [4.78, 5) is 14.6. The Morgan fingerprint density at radius 2 is 1.97 bits per heavy atom. The lowest BCUT2D eigenvalue weighted by Gasteiger charge is -2.26. The second-order valence-corrected chi connectivity index (χ2v) is 7.19. The fourth-order valence-electron chi connectivity index (χ4n) is 3.31. The number of ether oxygens (including phenoxy) is 3. The van der Waals surface area contributed by atoms with E-state index in [4.69, 9.17) is 14.2 Å². The molecule has 31 heavy (non-hydrogen) atoms. The van der Waals surface area contributed by atoms with Gasteiger partial charge in [0.15, 0.2) is 0 Å². The van der Waals surface area contributed by atoms with Crippen molar-refractivity contribution in [3.63, 3.8) is 0 Å². The SMILES string of the molecule is O=C(Nc1ccc(-c2cn[nH]c2)cc1OCCN1CCOCC1)OCc1ccccc1. The lowest BCUT2D eigenvalue weighted by atomic mass is 10.1. The molecule has 4 rings (SSSR count). The molecule has 0 aliphatic carbocycles. The summed E-state index contributed by atoms with van der Waals surface area (Å²) in [6, 6.07) is 15.2. The van der Waals surface area contributed by atoms with Crippen molar-refractivity contribution in [1.82, 2.24) is 15.1 Å². The normalized spacial score (nSPS) is 14.2. The maximum Gasteiger partial charge on any atom is 0.412 e. The highest BCUT2D eigenvalue weighted by molar-refractivity contribution is 5.87. The summed E-state index contributed by atoms with van der Waals surface area (Å²) in [5.41, 5.74) is 3.37. The Kier molecular flexibility index (Phi) is 7.15. The van der Waals surface area contributed by atoms with Crippen LogP contribution in [-0.4, -0.2) is 60.6 Å². The van der Waals surface area contributed by atoms with Crippen LogP contribution in [0.5, 0.6) is 5.75 Å². The van der Waals surface area contributed by atoms with Gasteiger partial charge >= 0.3 is 6.09 Å². The number of nitrogens with zero attached hydrogens (tertiary/aromatic N) is 2. The minimum atomic E-state index is -0.530. The number of carbonyl (C=O) groups is 1. The molecular weight excluding hydrogens is 396 g/mol. The first-order valence-electron chi connectivity index (χ1n) is 10.3. The molecule has 0 saturated carbocycles. The van der Waals surface area contributed by atoms with Crippen molar-refractivity contribution < 1.29 is 19.0 Å². The van der Waals surface area contributed by atoms with Crippen molar-refractivity contribution in [1.29, 1.82) is 0 Å². The third kappa shape index (κ3) is 6.07. The molecule has 1 fully saturated rings. The predicted molar refractivity (Wildman–Crippen MR) is 117 cm³/mol. The van der Waals surface area contributed by atoms with Gasteiger partial charge in [-0.05, 0) is 23.3 Å². The molecule has 2 aromatic carbocycles. The predicted octanol–water partition coefficient (Wildman–Crippen LogP) is 3.54. The van der Waals surface area contributed by atoms with Crippen molar-refractivity contribution in [3.05, 3.63) is 66.5 Å². The standard InChI is InChI=1S/C23H26N4O4/c28-23(31-17-18-4-2-1-3-5-18)26-21-7-6-19(20-15-24-25-16-20)14-22(21)30-13-10-27-8-11-29-12-9-27/h1-7,14-16H,8-13,17H2,(H,24,25)(H,26,28). The quantitative estimate of drug-likeness (QED) is 0.577. The van der Waals surface area contributed by atoms with E-state index in [1.165, 1.54) is 0 Å². The van der Waals surface area contributed by atoms with Gasteiger partial charge in [-0.3, -0.25) is 15.3 Å². The van der Waals surface area contributed by atoms with Gasteiger partial charge in [-0.2, -0.15) is 5.10 Å². The number of rotatable bonds is 8. The molecule has 1 saturated heterocycles. The first-order valence-corrected chi connectivity index (χ1v) is 10.3. The highest BCUT2D eigenvalue weighted by atomic mass is 16.5. The van der Waals surface area contributed by atoms with Crippen LogP contribution in [-0.2, 0) is 16.1 Å². The molecular formula is C23H26N4O4. The van der Waals surface area contributed by atoms with Gasteiger partial charge in [0.25, 0.3) is 0 Å². The number of benzene rings is 2. The van der Waals surface area contributed by atoms with Crippen LogP contribution < -0.4 is 10.1 Å². The van der Waals surface area contributed by atoms with Gasteiger partial charge in [-0.1, -0.05) is 36.4 Å². The molecule has 0 bridgehead atoms. The molecule has 8 nitrogen and oxygen atoms in total. The summed E-state index contributed by atoms with van der Waals surface area (Å²) in [6.07, 6.45) is 3.03. The highest BCUT2D eigenvalue weighted by Crippen LogP contribution is 2.31. The third-order valence-corrected chi connectivity index (χ3v) is 5.03. The lowest BCUT2D eigenvalue weighted by Crippen LogP contribution is -2.38. The van der Waals surface area contributed by atoms with Crippen LogP contribution in [0.25, 0.3) is 11.1 Å². The molecule has 1 aliphatic heterocycles. The molecule has 1 aliphatic rings. The van der Waals surface area contributed by atoms with E-state index >= 15 is 0 Å². The molecule has 3 aromatic rings. The number of amides is 1. The smallest absolute Gasteiger partial charge is 0.412 e. The molecule has 162 valence electrons. The first kappa shape index (κ1) is 20.9. The van der Waals surface area contributed by atoms with E-state index < -0.39 is 6.09 Å². The summed E-state index contributed by atoms with van der Waals surface area (Å²) in [6.45, 7) is 4.78. The van der Waals surface area contributed by atoms with E-state index in [-0.39, 0.29) is 6.61 Å². The van der Waals surface area contributed by atoms with Crippen LogP contribution in [0.2, 0.25) is 0 Å². The molecule has 1 aromatic heterocycles. The number of anilines is 1. The second kappa shape index (κ2) is 10.6. The van der Waals surface area contributed by atoms with Gasteiger partial charge < -0.3 is 14.2 Å². The molecule has 0 radical (unpaired) electrons. The first-order chi connectivity index (χ1) is 15.3. The highest BCUT2D eigenvalue weighted by Gasteiger charge is 2.14. The minimum absolute atomic E-state index is 0.201. The Balaban J connectivity index is 1.41. The summed E-state index contributed by atoms with van der Waals surface area (Å²) in [5.74, 6) is 0.587. The average molecular weight is 422 g/mol. The zero-order chi connectivity index (χ0) is 21.3.